The predicted octanol–water partition coefficient (Wildman–Crippen LogP) is 0.356. The largest absolute Gasteiger partial charge is 0.468 e. The highest BCUT2D eigenvalue weighted by Crippen LogP contribution is 1.98. The van der Waals surface area contributed by atoms with Gasteiger partial charge in [-0.15, -0.1) is 11.6 Å². The first kappa shape index (κ1) is 8.43. The highest BCUT2D eigenvalue weighted by Gasteiger charge is 2.19. The zero-order valence-electron chi connectivity index (χ0n) is 5.18. The number of ketones is 1. The molecule has 4 heteroatoms. The highest BCUT2D eigenvalue weighted by molar-refractivity contribution is 6.40. The van der Waals surface area contributed by atoms with Crippen molar-refractivity contribution in [2.75, 3.05) is 7.11 Å². The lowest BCUT2D eigenvalue weighted by atomic mass is 10.3. The van der Waals surface area contributed by atoms with Gasteiger partial charge in [-0.05, 0) is 6.92 Å². The lowest BCUT2D eigenvalue weighted by molar-refractivity contribution is -0.142. The molecule has 0 fully saturated rings. The van der Waals surface area contributed by atoms with Crippen molar-refractivity contribution in [3.05, 3.63) is 0 Å². The van der Waals surface area contributed by atoms with Gasteiger partial charge < -0.3 is 4.74 Å². The molecular formula is C5H7ClO3. The molecule has 0 bridgehead atoms. The van der Waals surface area contributed by atoms with E-state index >= 15 is 0 Å². The number of carbonyl (C=O) groups is 2. The third kappa shape index (κ3) is 2.46. The smallest absolute Gasteiger partial charge is 0.331 e. The first-order valence-electron chi connectivity index (χ1n) is 2.32. The standard InChI is InChI=1S/C5H7ClO3/c1-3(7)4(6)5(8)9-2/h4H,1-2H3/t4-/m0/s1. The Morgan fingerprint density at radius 3 is 2.11 bits per heavy atom. The summed E-state index contributed by atoms with van der Waals surface area (Å²) in [6.45, 7) is 1.23. The van der Waals surface area contributed by atoms with Crippen molar-refractivity contribution in [2.24, 2.45) is 0 Å². The van der Waals surface area contributed by atoms with Crippen LogP contribution >= 0.6 is 11.6 Å². The summed E-state index contributed by atoms with van der Waals surface area (Å²) in [4.78, 5) is 20.7. The van der Waals surface area contributed by atoms with Crippen LogP contribution in [0.5, 0.6) is 0 Å². The first-order valence-corrected chi connectivity index (χ1v) is 2.75. The van der Waals surface area contributed by atoms with Crippen molar-refractivity contribution in [3.8, 4) is 0 Å². The molecule has 0 aromatic rings. The molecule has 0 rings (SSSR count). The van der Waals surface area contributed by atoms with Gasteiger partial charge in [0, 0.05) is 0 Å². The predicted molar refractivity (Wildman–Crippen MR) is 32.3 cm³/mol. The summed E-state index contributed by atoms with van der Waals surface area (Å²) in [5.74, 6) is -1.10. The number of esters is 1. The van der Waals surface area contributed by atoms with Crippen molar-refractivity contribution < 1.29 is 14.3 Å². The molecular weight excluding hydrogens is 144 g/mol. The third-order valence-corrected chi connectivity index (χ3v) is 1.25. The highest BCUT2D eigenvalue weighted by atomic mass is 35.5. The number of halogens is 1. The molecule has 0 aliphatic rings. The van der Waals surface area contributed by atoms with Gasteiger partial charge in [-0.25, -0.2) is 4.79 Å². The van der Waals surface area contributed by atoms with E-state index < -0.39 is 17.1 Å². The Morgan fingerprint density at radius 2 is 2.00 bits per heavy atom. The Labute approximate surface area is 57.9 Å². The van der Waals surface area contributed by atoms with Crippen molar-refractivity contribution in [1.29, 1.82) is 0 Å². The van der Waals surface area contributed by atoms with E-state index in [-0.39, 0.29) is 0 Å². The molecule has 3 nitrogen and oxygen atoms in total. The van der Waals surface area contributed by atoms with Crippen molar-refractivity contribution in [3.63, 3.8) is 0 Å². The lowest BCUT2D eigenvalue weighted by Gasteiger charge is -2.00. The van der Waals surface area contributed by atoms with E-state index in [4.69, 9.17) is 11.6 Å². The van der Waals surface area contributed by atoms with Gasteiger partial charge in [0.15, 0.2) is 11.2 Å². The Kier molecular flexibility index (Phi) is 3.24. The van der Waals surface area contributed by atoms with E-state index in [2.05, 4.69) is 4.74 Å². The minimum Gasteiger partial charge on any atom is -0.468 e. The summed E-state index contributed by atoms with van der Waals surface area (Å²) < 4.78 is 4.18. The van der Waals surface area contributed by atoms with E-state index in [0.717, 1.165) is 0 Å². The van der Waals surface area contributed by atoms with Crippen LogP contribution in [0.25, 0.3) is 0 Å². The van der Waals surface area contributed by atoms with Gasteiger partial charge in [0.25, 0.3) is 0 Å². The Morgan fingerprint density at radius 1 is 1.56 bits per heavy atom. The maximum atomic E-state index is 10.4. The van der Waals surface area contributed by atoms with E-state index in [1.807, 2.05) is 0 Å². The van der Waals surface area contributed by atoms with Crippen LogP contribution in [0.3, 0.4) is 0 Å². The second-order valence-corrected chi connectivity index (χ2v) is 1.93. The first-order chi connectivity index (χ1) is 4.09. The van der Waals surface area contributed by atoms with E-state index in [1.54, 1.807) is 0 Å². The molecule has 0 saturated carbocycles. The summed E-state index contributed by atoms with van der Waals surface area (Å²) in [5, 5.41) is -1.14. The molecule has 9 heavy (non-hydrogen) atoms. The SMILES string of the molecule is COC(=O)[C@@H](Cl)C(C)=O. The van der Waals surface area contributed by atoms with Gasteiger partial charge in [-0.3, -0.25) is 4.79 Å². The van der Waals surface area contributed by atoms with Gasteiger partial charge in [0.2, 0.25) is 0 Å². The van der Waals surface area contributed by atoms with E-state index in [9.17, 15) is 9.59 Å². The Hall–Kier alpha value is -0.570. The molecule has 0 aliphatic carbocycles. The van der Waals surface area contributed by atoms with Crippen LogP contribution in [0.4, 0.5) is 0 Å². The molecule has 0 aromatic carbocycles. The summed E-state index contributed by atoms with van der Waals surface area (Å²) >= 11 is 5.24. The number of Topliss-reactive ketones (excluding diaryl/α,β-unsaturated/α-hetero) is 1. The average molecular weight is 151 g/mol. The quantitative estimate of drug-likeness (QED) is 0.324. The summed E-state index contributed by atoms with van der Waals surface area (Å²) in [5.41, 5.74) is 0. The summed E-state index contributed by atoms with van der Waals surface area (Å²) in [6, 6.07) is 0. The topological polar surface area (TPSA) is 43.4 Å². The molecule has 0 radical (unpaired) electrons. The maximum Gasteiger partial charge on any atom is 0.331 e. The number of hydrogen-bond acceptors (Lipinski definition) is 3. The number of ether oxygens (including phenoxy) is 1. The number of hydrogen-bond donors (Lipinski definition) is 0. The molecule has 0 unspecified atom stereocenters. The maximum absolute atomic E-state index is 10.4. The van der Waals surface area contributed by atoms with Gasteiger partial charge in [-0.1, -0.05) is 0 Å². The summed E-state index contributed by atoms with van der Waals surface area (Å²) in [7, 11) is 1.18. The van der Waals surface area contributed by atoms with Crippen molar-refractivity contribution >= 4 is 23.4 Å². The van der Waals surface area contributed by atoms with Crippen LogP contribution in [0.2, 0.25) is 0 Å². The molecule has 1 atom stereocenters. The van der Waals surface area contributed by atoms with E-state index in [1.165, 1.54) is 14.0 Å². The van der Waals surface area contributed by atoms with Crippen LogP contribution < -0.4 is 0 Å². The number of carbonyl (C=O) groups excluding carboxylic acids is 2. The second kappa shape index (κ2) is 3.45. The van der Waals surface area contributed by atoms with Crippen LogP contribution in [0, 0.1) is 0 Å². The minimum absolute atomic E-state index is 0.400. The number of methoxy groups -OCH3 is 1. The third-order valence-electron chi connectivity index (χ3n) is 0.765. The molecule has 0 heterocycles. The molecule has 0 aromatic heterocycles. The van der Waals surface area contributed by atoms with Gasteiger partial charge in [-0.2, -0.15) is 0 Å². The van der Waals surface area contributed by atoms with Gasteiger partial charge in [0.05, 0.1) is 7.11 Å². The van der Waals surface area contributed by atoms with E-state index in [0.29, 0.717) is 0 Å². The zero-order valence-corrected chi connectivity index (χ0v) is 5.94. The zero-order chi connectivity index (χ0) is 7.44. The van der Waals surface area contributed by atoms with Crippen LogP contribution in [0.15, 0.2) is 0 Å². The Balaban J connectivity index is 3.88. The van der Waals surface area contributed by atoms with Gasteiger partial charge >= 0.3 is 5.97 Å². The fourth-order valence-corrected chi connectivity index (χ4v) is 0.359. The molecule has 0 spiro atoms. The van der Waals surface area contributed by atoms with Crippen LogP contribution in [-0.4, -0.2) is 24.2 Å². The fourth-order valence-electron chi connectivity index (χ4n) is 0.269. The molecule has 0 aliphatic heterocycles. The second-order valence-electron chi connectivity index (χ2n) is 1.50. The molecule has 52 valence electrons. The lowest BCUT2D eigenvalue weighted by Crippen LogP contribution is -2.23. The number of alkyl halides is 1. The monoisotopic (exact) mass is 150 g/mol. The minimum atomic E-state index is -1.14. The Bertz CT molecular complexity index is 132. The van der Waals surface area contributed by atoms with Crippen LogP contribution in [-0.2, 0) is 14.3 Å². The molecule has 0 saturated heterocycles. The summed E-state index contributed by atoms with van der Waals surface area (Å²) in [6.07, 6.45) is 0. The van der Waals surface area contributed by atoms with Crippen molar-refractivity contribution in [1.82, 2.24) is 0 Å². The van der Waals surface area contributed by atoms with Crippen LogP contribution in [0.1, 0.15) is 6.92 Å². The molecule has 0 N–H and O–H groups in total. The fraction of sp³-hybridized carbons (Fsp3) is 0.600. The molecule has 0 amide bonds. The normalized spacial score (nSPS) is 12.3. The average Bonchev–Trinajstić information content (AvgIpc) is 1.84. The van der Waals surface area contributed by atoms with Gasteiger partial charge in [0.1, 0.15) is 0 Å². The number of rotatable bonds is 2. The van der Waals surface area contributed by atoms with Crippen molar-refractivity contribution in [2.45, 2.75) is 12.3 Å².